The number of hydrogen-bond donors (Lipinski definition) is 4. The molecule has 0 aliphatic heterocycles. The van der Waals surface area contributed by atoms with Gasteiger partial charge in [-0.2, -0.15) is 0 Å². The zero-order chi connectivity index (χ0) is 22.4. The van der Waals surface area contributed by atoms with Crippen molar-refractivity contribution in [2.75, 3.05) is 0 Å². The first kappa shape index (κ1) is 23.7. The number of aliphatic carboxylic acids is 1. The molecular weight excluding hydrogens is 392 g/mol. The molecule has 170 valence electrons. The Bertz CT molecular complexity index is 864. The van der Waals surface area contributed by atoms with Gasteiger partial charge >= 0.3 is 5.97 Å². The van der Waals surface area contributed by atoms with Crippen molar-refractivity contribution in [2.24, 2.45) is 11.8 Å². The van der Waals surface area contributed by atoms with Crippen molar-refractivity contribution in [3.63, 3.8) is 0 Å². The molecule has 1 fully saturated rings. The Balaban J connectivity index is 1.52. The lowest BCUT2D eigenvalue weighted by atomic mass is 9.84. The molecule has 0 spiro atoms. The van der Waals surface area contributed by atoms with E-state index in [0.717, 1.165) is 42.0 Å². The zero-order valence-corrected chi connectivity index (χ0v) is 18.4. The van der Waals surface area contributed by atoms with Gasteiger partial charge in [-0.1, -0.05) is 55.2 Å². The number of aliphatic hydroxyl groups excluding tert-OH is 3. The molecule has 0 radical (unpaired) electrons. The maximum absolute atomic E-state index is 10.8. The molecule has 2 aromatic rings. The van der Waals surface area contributed by atoms with Crippen LogP contribution in [0.15, 0.2) is 36.4 Å². The second-order valence-corrected chi connectivity index (χ2v) is 9.25. The van der Waals surface area contributed by atoms with Gasteiger partial charge in [-0.25, -0.2) is 0 Å². The fraction of sp³-hybridized carbons (Fsp3) is 0.577. The molecule has 0 aromatic heterocycles. The lowest BCUT2D eigenvalue weighted by Gasteiger charge is -2.25. The van der Waals surface area contributed by atoms with Crippen LogP contribution < -0.4 is 0 Å². The molecule has 5 heteroatoms. The third-order valence-corrected chi connectivity index (χ3v) is 6.88. The van der Waals surface area contributed by atoms with Gasteiger partial charge in [0.05, 0.1) is 18.3 Å². The molecule has 0 saturated heterocycles. The van der Waals surface area contributed by atoms with E-state index in [2.05, 4.69) is 25.1 Å². The predicted octanol–water partition coefficient (Wildman–Crippen LogP) is 4.74. The minimum atomic E-state index is -0.755. The van der Waals surface area contributed by atoms with Gasteiger partial charge in [0.2, 0.25) is 0 Å². The first-order valence-corrected chi connectivity index (χ1v) is 11.6. The van der Waals surface area contributed by atoms with Gasteiger partial charge in [0.15, 0.2) is 0 Å². The number of carboxylic acid groups (broad SMARTS) is 1. The standard InChI is InChI=1S/C26H36O5/c1-17-8-9-19-15-20(11-10-18(19)14-17)23(27)13-12-22-21(24(28)16-25(22)29)6-4-2-3-5-7-26(30)31/h8-11,14-15,21-25,27-29H,2-7,12-13,16H2,1H3,(H,30,31)/t21-,22-,23?,24+,25?/m1/s1. The highest BCUT2D eigenvalue weighted by Crippen LogP contribution is 2.40. The number of hydrogen-bond acceptors (Lipinski definition) is 4. The van der Waals surface area contributed by atoms with Gasteiger partial charge < -0.3 is 20.4 Å². The topological polar surface area (TPSA) is 98.0 Å². The number of benzene rings is 2. The molecule has 0 heterocycles. The normalized spacial score (nSPS) is 24.5. The Hall–Kier alpha value is -1.95. The molecule has 2 unspecified atom stereocenters. The minimum Gasteiger partial charge on any atom is -0.481 e. The third kappa shape index (κ3) is 6.52. The van der Waals surface area contributed by atoms with E-state index in [0.29, 0.717) is 25.7 Å². The van der Waals surface area contributed by atoms with Crippen LogP contribution in [-0.4, -0.2) is 38.6 Å². The average molecular weight is 429 g/mol. The first-order chi connectivity index (χ1) is 14.8. The van der Waals surface area contributed by atoms with Crippen molar-refractivity contribution in [3.05, 3.63) is 47.5 Å². The summed E-state index contributed by atoms with van der Waals surface area (Å²) in [6.07, 6.45) is 4.49. The van der Waals surface area contributed by atoms with E-state index in [4.69, 9.17) is 5.11 Å². The van der Waals surface area contributed by atoms with E-state index < -0.39 is 24.3 Å². The second kappa shape index (κ2) is 11.1. The molecule has 3 rings (SSSR count). The SMILES string of the molecule is Cc1ccc2cc(C(O)CC[C@H]3C(O)C[C@H](O)[C@@H]3CCCCCCC(=O)O)ccc2c1. The van der Waals surface area contributed by atoms with Crippen molar-refractivity contribution >= 4 is 16.7 Å². The molecule has 2 aromatic carbocycles. The van der Waals surface area contributed by atoms with Gasteiger partial charge in [0.25, 0.3) is 0 Å². The largest absolute Gasteiger partial charge is 0.481 e. The number of carbonyl (C=O) groups is 1. The van der Waals surface area contributed by atoms with E-state index in [1.54, 1.807) is 0 Å². The highest BCUT2D eigenvalue weighted by Gasteiger charge is 2.40. The van der Waals surface area contributed by atoms with Gasteiger partial charge in [-0.3, -0.25) is 4.79 Å². The average Bonchev–Trinajstić information content (AvgIpc) is 3.00. The number of unbranched alkanes of at least 4 members (excludes halogenated alkanes) is 3. The van der Waals surface area contributed by atoms with E-state index >= 15 is 0 Å². The summed E-state index contributed by atoms with van der Waals surface area (Å²) in [4.78, 5) is 10.6. The van der Waals surface area contributed by atoms with Crippen molar-refractivity contribution < 1.29 is 25.2 Å². The molecule has 1 aliphatic carbocycles. The van der Waals surface area contributed by atoms with Crippen LogP contribution in [-0.2, 0) is 4.79 Å². The van der Waals surface area contributed by atoms with Crippen molar-refractivity contribution in [3.8, 4) is 0 Å². The van der Waals surface area contributed by atoms with E-state index in [1.165, 1.54) is 5.56 Å². The van der Waals surface area contributed by atoms with Crippen molar-refractivity contribution in [1.29, 1.82) is 0 Å². The maximum Gasteiger partial charge on any atom is 0.303 e. The summed E-state index contributed by atoms with van der Waals surface area (Å²) < 4.78 is 0. The monoisotopic (exact) mass is 428 g/mol. The van der Waals surface area contributed by atoms with Gasteiger partial charge in [-0.05, 0) is 73.3 Å². The van der Waals surface area contributed by atoms with Crippen LogP contribution >= 0.6 is 0 Å². The lowest BCUT2D eigenvalue weighted by molar-refractivity contribution is -0.137. The fourth-order valence-electron chi connectivity index (χ4n) is 5.10. The quantitative estimate of drug-likeness (QED) is 0.387. The molecule has 1 aliphatic rings. The Labute approximate surface area is 184 Å². The fourth-order valence-corrected chi connectivity index (χ4v) is 5.10. The highest BCUT2D eigenvalue weighted by molar-refractivity contribution is 5.83. The Kier molecular flexibility index (Phi) is 8.47. The second-order valence-electron chi connectivity index (χ2n) is 9.25. The number of aryl methyl sites for hydroxylation is 1. The molecule has 5 nitrogen and oxygen atoms in total. The van der Waals surface area contributed by atoms with Crippen LogP contribution in [0.2, 0.25) is 0 Å². The van der Waals surface area contributed by atoms with Crippen LogP contribution in [0.1, 0.15) is 75.0 Å². The molecule has 31 heavy (non-hydrogen) atoms. The van der Waals surface area contributed by atoms with Crippen LogP contribution in [0.5, 0.6) is 0 Å². The summed E-state index contributed by atoms with van der Waals surface area (Å²) >= 11 is 0. The third-order valence-electron chi connectivity index (χ3n) is 6.88. The van der Waals surface area contributed by atoms with Gasteiger partial charge in [0, 0.05) is 6.42 Å². The van der Waals surface area contributed by atoms with E-state index in [9.17, 15) is 20.1 Å². The summed E-state index contributed by atoms with van der Waals surface area (Å²) in [7, 11) is 0. The number of carboxylic acids is 1. The van der Waals surface area contributed by atoms with Crippen LogP contribution in [0, 0.1) is 18.8 Å². The van der Waals surface area contributed by atoms with Crippen LogP contribution in [0.4, 0.5) is 0 Å². The van der Waals surface area contributed by atoms with Gasteiger partial charge in [0.1, 0.15) is 0 Å². The van der Waals surface area contributed by atoms with Gasteiger partial charge in [-0.15, -0.1) is 0 Å². The number of rotatable bonds is 11. The molecule has 0 amide bonds. The summed E-state index contributed by atoms with van der Waals surface area (Å²) in [6, 6.07) is 12.3. The molecule has 0 bridgehead atoms. The Morgan fingerprint density at radius 2 is 1.58 bits per heavy atom. The van der Waals surface area contributed by atoms with Crippen molar-refractivity contribution in [1.82, 2.24) is 0 Å². The molecule has 5 atom stereocenters. The summed E-state index contributed by atoms with van der Waals surface area (Å²) in [5.74, 6) is -0.720. The Morgan fingerprint density at radius 1 is 0.935 bits per heavy atom. The minimum absolute atomic E-state index is 0.00762. The van der Waals surface area contributed by atoms with Crippen molar-refractivity contribution in [2.45, 2.75) is 83.0 Å². The zero-order valence-electron chi connectivity index (χ0n) is 18.4. The first-order valence-electron chi connectivity index (χ1n) is 11.6. The molecule has 4 N–H and O–H groups in total. The lowest BCUT2D eigenvalue weighted by Crippen LogP contribution is -2.23. The molecule has 1 saturated carbocycles. The summed E-state index contributed by atoms with van der Waals surface area (Å²) in [5.41, 5.74) is 2.10. The predicted molar refractivity (Wildman–Crippen MR) is 122 cm³/mol. The molecular formula is C26H36O5. The number of fused-ring (bicyclic) bond motifs is 1. The summed E-state index contributed by atoms with van der Waals surface area (Å²) in [5, 5.41) is 42.6. The van der Waals surface area contributed by atoms with E-state index in [-0.39, 0.29) is 18.3 Å². The van der Waals surface area contributed by atoms with E-state index in [1.807, 2.05) is 18.2 Å². The number of aliphatic hydroxyl groups is 3. The highest BCUT2D eigenvalue weighted by atomic mass is 16.4. The van der Waals surface area contributed by atoms with Crippen LogP contribution in [0.3, 0.4) is 0 Å². The Morgan fingerprint density at radius 3 is 2.32 bits per heavy atom. The van der Waals surface area contributed by atoms with Crippen LogP contribution in [0.25, 0.3) is 10.8 Å². The smallest absolute Gasteiger partial charge is 0.303 e. The summed E-state index contributed by atoms with van der Waals surface area (Å²) in [6.45, 7) is 2.07. The maximum atomic E-state index is 10.8.